The van der Waals surface area contributed by atoms with E-state index in [9.17, 15) is 0 Å². The molecule has 0 aliphatic rings. The van der Waals surface area contributed by atoms with Gasteiger partial charge in [-0.1, -0.05) is 29.8 Å². The summed E-state index contributed by atoms with van der Waals surface area (Å²) in [5.41, 5.74) is 2.09. The Morgan fingerprint density at radius 1 is 1.29 bits per heavy atom. The second kappa shape index (κ2) is 5.75. The summed E-state index contributed by atoms with van der Waals surface area (Å²) in [6.07, 6.45) is 4.12. The zero-order valence-corrected chi connectivity index (χ0v) is 10.4. The van der Waals surface area contributed by atoms with Crippen LogP contribution in [0.1, 0.15) is 17.3 Å². The predicted molar refractivity (Wildman–Crippen MR) is 69.0 cm³/mol. The Morgan fingerprint density at radius 2 is 2.12 bits per heavy atom. The van der Waals surface area contributed by atoms with Gasteiger partial charge >= 0.3 is 0 Å². The van der Waals surface area contributed by atoms with Crippen LogP contribution in [0.4, 0.5) is 0 Å². The van der Waals surface area contributed by atoms with E-state index in [0.29, 0.717) is 0 Å². The molecule has 0 amide bonds. The lowest BCUT2D eigenvalue weighted by atomic mass is 10.0. The van der Waals surface area contributed by atoms with Crippen molar-refractivity contribution in [2.75, 3.05) is 7.05 Å². The van der Waals surface area contributed by atoms with E-state index in [1.807, 2.05) is 37.4 Å². The number of rotatable bonds is 4. The lowest BCUT2D eigenvalue weighted by Crippen LogP contribution is -2.20. The number of benzene rings is 1. The molecule has 0 spiro atoms. The maximum Gasteiger partial charge on any atom is 0.115 e. The molecule has 0 aliphatic heterocycles. The molecule has 1 N–H and O–H groups in total. The normalized spacial score (nSPS) is 12.4. The molecule has 3 nitrogen and oxygen atoms in total. The van der Waals surface area contributed by atoms with Crippen LogP contribution >= 0.6 is 11.6 Å². The second-order valence-corrected chi connectivity index (χ2v) is 4.18. The first-order chi connectivity index (χ1) is 8.31. The van der Waals surface area contributed by atoms with Crippen molar-refractivity contribution >= 4 is 11.6 Å². The van der Waals surface area contributed by atoms with E-state index in [1.165, 1.54) is 0 Å². The summed E-state index contributed by atoms with van der Waals surface area (Å²) in [4.78, 5) is 8.18. The molecule has 1 heterocycles. The van der Waals surface area contributed by atoms with Crippen LogP contribution in [0.5, 0.6) is 0 Å². The molecule has 0 fully saturated rings. The molecular weight excluding hydrogens is 234 g/mol. The summed E-state index contributed by atoms with van der Waals surface area (Å²) >= 11 is 6.15. The highest BCUT2D eigenvalue weighted by Gasteiger charge is 2.12. The Morgan fingerprint density at radius 3 is 2.76 bits per heavy atom. The summed E-state index contributed by atoms with van der Waals surface area (Å²) in [5.74, 6) is 0. The van der Waals surface area contributed by atoms with E-state index in [1.54, 1.807) is 12.5 Å². The lowest BCUT2D eigenvalue weighted by molar-refractivity contribution is 0.574. The predicted octanol–water partition coefficient (Wildman–Crippen LogP) is 2.63. The third-order valence-electron chi connectivity index (χ3n) is 2.69. The minimum atomic E-state index is 0.151. The first-order valence-corrected chi connectivity index (χ1v) is 5.85. The quantitative estimate of drug-likeness (QED) is 0.903. The number of aromatic nitrogens is 2. The summed E-state index contributed by atoms with van der Waals surface area (Å²) in [7, 11) is 1.92. The highest BCUT2D eigenvalue weighted by molar-refractivity contribution is 6.31. The molecule has 2 rings (SSSR count). The van der Waals surface area contributed by atoms with Gasteiger partial charge in [0.15, 0.2) is 0 Å². The largest absolute Gasteiger partial charge is 0.311 e. The Hall–Kier alpha value is -1.45. The molecule has 0 bridgehead atoms. The number of nitrogens with one attached hydrogen (secondary N) is 1. The average Bonchev–Trinajstić information content (AvgIpc) is 2.39. The number of hydrogen-bond acceptors (Lipinski definition) is 3. The van der Waals surface area contributed by atoms with Gasteiger partial charge in [-0.25, -0.2) is 9.97 Å². The van der Waals surface area contributed by atoms with Gasteiger partial charge in [0.25, 0.3) is 0 Å². The Bertz CT molecular complexity index is 473. The lowest BCUT2D eigenvalue weighted by Gasteiger charge is -2.16. The van der Waals surface area contributed by atoms with E-state index >= 15 is 0 Å². The zero-order chi connectivity index (χ0) is 12.1. The molecule has 17 heavy (non-hydrogen) atoms. The fourth-order valence-corrected chi connectivity index (χ4v) is 1.96. The first-order valence-electron chi connectivity index (χ1n) is 5.48. The summed E-state index contributed by atoms with van der Waals surface area (Å²) in [5, 5.41) is 4.04. The van der Waals surface area contributed by atoms with E-state index in [-0.39, 0.29) is 6.04 Å². The monoisotopic (exact) mass is 247 g/mol. The van der Waals surface area contributed by atoms with Crippen LogP contribution in [-0.2, 0) is 6.42 Å². The van der Waals surface area contributed by atoms with Crippen molar-refractivity contribution in [3.8, 4) is 0 Å². The highest BCUT2D eigenvalue weighted by atomic mass is 35.5. The summed E-state index contributed by atoms with van der Waals surface area (Å²) < 4.78 is 0. The molecule has 1 atom stereocenters. The zero-order valence-electron chi connectivity index (χ0n) is 9.60. The Balaban J connectivity index is 2.19. The molecular formula is C13H14ClN3. The summed E-state index contributed by atoms with van der Waals surface area (Å²) in [6.45, 7) is 0. The fraction of sp³-hybridized carbons (Fsp3) is 0.231. The van der Waals surface area contributed by atoms with Gasteiger partial charge in [-0.2, -0.15) is 0 Å². The van der Waals surface area contributed by atoms with Gasteiger partial charge in [0.1, 0.15) is 6.33 Å². The van der Waals surface area contributed by atoms with Crippen LogP contribution in [0.3, 0.4) is 0 Å². The van der Waals surface area contributed by atoms with Crippen molar-refractivity contribution < 1.29 is 0 Å². The van der Waals surface area contributed by atoms with E-state index < -0.39 is 0 Å². The maximum atomic E-state index is 6.15. The van der Waals surface area contributed by atoms with Crippen molar-refractivity contribution in [1.82, 2.24) is 15.3 Å². The third-order valence-corrected chi connectivity index (χ3v) is 3.06. The van der Waals surface area contributed by atoms with Crippen LogP contribution in [0.2, 0.25) is 5.02 Å². The molecule has 88 valence electrons. The maximum absolute atomic E-state index is 6.15. The standard InChI is InChI=1S/C13H14ClN3/c1-15-13(12-6-7-16-9-17-12)8-10-4-2-3-5-11(10)14/h2-7,9,13,15H,8H2,1H3. The van der Waals surface area contributed by atoms with Gasteiger partial charge < -0.3 is 5.32 Å². The van der Waals surface area contributed by atoms with Crippen LogP contribution < -0.4 is 5.32 Å². The summed E-state index contributed by atoms with van der Waals surface area (Å²) in [6, 6.07) is 9.94. The van der Waals surface area contributed by atoms with Crippen LogP contribution in [-0.4, -0.2) is 17.0 Å². The van der Waals surface area contributed by atoms with E-state index in [2.05, 4.69) is 15.3 Å². The molecule has 1 aromatic carbocycles. The van der Waals surface area contributed by atoms with Gasteiger partial charge in [0, 0.05) is 11.2 Å². The first kappa shape index (κ1) is 12.0. The van der Waals surface area contributed by atoms with Crippen molar-refractivity contribution in [1.29, 1.82) is 0 Å². The minimum absolute atomic E-state index is 0.151. The Labute approximate surface area is 106 Å². The third kappa shape index (κ3) is 3.02. The minimum Gasteiger partial charge on any atom is -0.311 e. The van der Waals surface area contributed by atoms with Crippen molar-refractivity contribution in [3.63, 3.8) is 0 Å². The van der Waals surface area contributed by atoms with E-state index in [0.717, 1.165) is 22.7 Å². The number of likely N-dealkylation sites (N-methyl/N-ethyl adjacent to an activating group) is 1. The van der Waals surface area contributed by atoms with Crippen LogP contribution in [0.15, 0.2) is 42.9 Å². The SMILES string of the molecule is CNC(Cc1ccccc1Cl)c1ccncn1. The number of nitrogens with zero attached hydrogens (tertiary/aromatic N) is 2. The second-order valence-electron chi connectivity index (χ2n) is 3.77. The van der Waals surface area contributed by atoms with Crippen molar-refractivity contribution in [2.24, 2.45) is 0 Å². The van der Waals surface area contributed by atoms with Gasteiger partial charge in [0.2, 0.25) is 0 Å². The molecule has 0 saturated carbocycles. The molecule has 1 aromatic heterocycles. The van der Waals surface area contributed by atoms with Gasteiger partial charge in [0.05, 0.1) is 11.7 Å². The van der Waals surface area contributed by atoms with Gasteiger partial charge in [-0.3, -0.25) is 0 Å². The fourth-order valence-electron chi connectivity index (χ4n) is 1.75. The van der Waals surface area contributed by atoms with E-state index in [4.69, 9.17) is 11.6 Å². The van der Waals surface area contributed by atoms with Crippen molar-refractivity contribution in [2.45, 2.75) is 12.5 Å². The number of halogens is 1. The van der Waals surface area contributed by atoms with Crippen LogP contribution in [0.25, 0.3) is 0 Å². The van der Waals surface area contributed by atoms with Gasteiger partial charge in [-0.05, 0) is 31.2 Å². The topological polar surface area (TPSA) is 37.8 Å². The molecule has 4 heteroatoms. The average molecular weight is 248 g/mol. The molecule has 2 aromatic rings. The smallest absolute Gasteiger partial charge is 0.115 e. The number of hydrogen-bond donors (Lipinski definition) is 1. The van der Waals surface area contributed by atoms with Crippen LogP contribution in [0, 0.1) is 0 Å². The molecule has 0 saturated heterocycles. The van der Waals surface area contributed by atoms with Crippen molar-refractivity contribution in [3.05, 3.63) is 59.1 Å². The highest BCUT2D eigenvalue weighted by Crippen LogP contribution is 2.21. The molecule has 1 unspecified atom stereocenters. The van der Waals surface area contributed by atoms with Gasteiger partial charge in [-0.15, -0.1) is 0 Å². The molecule has 0 radical (unpaired) electrons. The Kier molecular flexibility index (Phi) is 4.07. The molecule has 0 aliphatic carbocycles.